The third kappa shape index (κ3) is 8.16. The summed E-state index contributed by atoms with van der Waals surface area (Å²) in [7, 11) is 0. The van der Waals surface area contributed by atoms with Crippen LogP contribution in [0.3, 0.4) is 0 Å². The van der Waals surface area contributed by atoms with E-state index in [0.717, 1.165) is 38.5 Å². The molecule has 0 aromatic heterocycles. The van der Waals surface area contributed by atoms with Crippen LogP contribution in [-0.4, -0.2) is 42.2 Å². The fraction of sp³-hybridized carbons (Fsp3) is 0.533. The van der Waals surface area contributed by atoms with E-state index in [-0.39, 0.29) is 34.9 Å². The van der Waals surface area contributed by atoms with E-state index in [1.54, 1.807) is 36.4 Å². The molecule has 0 bridgehead atoms. The lowest BCUT2D eigenvalue weighted by Gasteiger charge is -2.26. The van der Waals surface area contributed by atoms with Crippen molar-refractivity contribution in [2.75, 3.05) is 11.9 Å². The van der Waals surface area contributed by atoms with Crippen LogP contribution >= 0.6 is 23.2 Å². The number of amides is 2. The number of aliphatic hydroxyl groups excluding tert-OH is 1. The highest BCUT2D eigenvalue weighted by Crippen LogP contribution is 2.40. The Hall–Kier alpha value is -2.19. The van der Waals surface area contributed by atoms with Gasteiger partial charge in [-0.2, -0.15) is 0 Å². The second-order valence-corrected chi connectivity index (χ2v) is 11.8. The van der Waals surface area contributed by atoms with Crippen molar-refractivity contribution in [1.82, 2.24) is 10.6 Å². The molecule has 1 saturated heterocycles. The van der Waals surface area contributed by atoms with Crippen molar-refractivity contribution in [2.45, 2.75) is 81.9 Å². The molecular formula is C30H38Cl2FN3O3. The molecule has 39 heavy (non-hydrogen) atoms. The lowest BCUT2D eigenvalue weighted by Crippen LogP contribution is -2.37. The standard InChI is InChI=1S/C23H25Cl2FN2O.C7H13NO2/c24-15-7-3-8-16(12-15)28-23(29)21-18(17-9-4-10-19(25)22(17)26)13-27-20(21)11-14-5-1-2-6-14;9-5-8-6-1-3-7(10)4-2-6/h3-4,7-10,12,14,18,20-21,27H,1-2,5-6,11,13H2,(H,28,29);5-7,10H,1-4H2,(H,8,9). The Morgan fingerprint density at radius 1 is 1.05 bits per heavy atom. The molecule has 0 spiro atoms. The third-order valence-electron chi connectivity index (χ3n) is 8.31. The summed E-state index contributed by atoms with van der Waals surface area (Å²) in [5.41, 5.74) is 1.16. The van der Waals surface area contributed by atoms with Gasteiger partial charge in [0.15, 0.2) is 0 Å². The zero-order valence-electron chi connectivity index (χ0n) is 22.1. The van der Waals surface area contributed by atoms with Crippen LogP contribution in [0.1, 0.15) is 69.3 Å². The van der Waals surface area contributed by atoms with Crippen molar-refractivity contribution >= 4 is 41.2 Å². The van der Waals surface area contributed by atoms with Gasteiger partial charge in [0.25, 0.3) is 0 Å². The van der Waals surface area contributed by atoms with E-state index in [9.17, 15) is 14.0 Å². The molecule has 3 unspecified atom stereocenters. The second-order valence-electron chi connectivity index (χ2n) is 11.0. The topological polar surface area (TPSA) is 90.5 Å². The molecule has 2 saturated carbocycles. The Balaban J connectivity index is 0.000000298. The molecule has 4 N–H and O–H groups in total. The first-order valence-corrected chi connectivity index (χ1v) is 14.7. The van der Waals surface area contributed by atoms with Crippen molar-refractivity contribution in [3.05, 3.63) is 63.9 Å². The largest absolute Gasteiger partial charge is 0.393 e. The number of nitrogens with one attached hydrogen (secondary N) is 3. The molecule has 1 aliphatic heterocycles. The number of carbonyl (C=O) groups excluding carboxylic acids is 2. The van der Waals surface area contributed by atoms with Crippen molar-refractivity contribution in [1.29, 1.82) is 0 Å². The lowest BCUT2D eigenvalue weighted by atomic mass is 9.81. The highest BCUT2D eigenvalue weighted by Gasteiger charge is 2.43. The lowest BCUT2D eigenvalue weighted by molar-refractivity contribution is -0.120. The maximum absolute atomic E-state index is 14.8. The fourth-order valence-corrected chi connectivity index (χ4v) is 6.63. The van der Waals surface area contributed by atoms with Crippen LogP contribution in [0.15, 0.2) is 42.5 Å². The number of rotatable bonds is 7. The number of aliphatic hydroxyl groups is 1. The normalized spacial score (nSPS) is 26.9. The Bertz CT molecular complexity index is 1110. The predicted octanol–water partition coefficient (Wildman–Crippen LogP) is 6.06. The monoisotopic (exact) mass is 577 g/mol. The molecule has 1 heterocycles. The molecule has 3 aliphatic rings. The van der Waals surface area contributed by atoms with E-state index >= 15 is 0 Å². The van der Waals surface area contributed by atoms with E-state index in [1.807, 2.05) is 6.07 Å². The van der Waals surface area contributed by atoms with Crippen molar-refractivity contribution in [3.63, 3.8) is 0 Å². The van der Waals surface area contributed by atoms with E-state index in [0.29, 0.717) is 34.8 Å². The molecule has 2 amide bonds. The van der Waals surface area contributed by atoms with Gasteiger partial charge in [-0.05, 0) is 67.9 Å². The number of halogens is 3. The van der Waals surface area contributed by atoms with Crippen LogP contribution in [0.4, 0.5) is 10.1 Å². The van der Waals surface area contributed by atoms with Crippen LogP contribution in [0.25, 0.3) is 0 Å². The molecule has 2 aliphatic carbocycles. The molecule has 3 fully saturated rings. The molecule has 3 atom stereocenters. The Labute approximate surface area is 240 Å². The Kier molecular flexibility index (Phi) is 11.0. The van der Waals surface area contributed by atoms with E-state index < -0.39 is 5.82 Å². The smallest absolute Gasteiger partial charge is 0.229 e. The molecule has 2 aromatic rings. The maximum atomic E-state index is 14.8. The molecule has 9 heteroatoms. The van der Waals surface area contributed by atoms with Gasteiger partial charge in [-0.1, -0.05) is 67.1 Å². The number of hydrogen-bond donors (Lipinski definition) is 4. The Morgan fingerprint density at radius 3 is 2.46 bits per heavy atom. The van der Waals surface area contributed by atoms with Crippen LogP contribution in [0, 0.1) is 17.7 Å². The highest BCUT2D eigenvalue weighted by molar-refractivity contribution is 6.31. The summed E-state index contributed by atoms with van der Waals surface area (Å²) in [5.74, 6) is -0.550. The first kappa shape index (κ1) is 29.8. The average molecular weight is 579 g/mol. The van der Waals surface area contributed by atoms with Crippen LogP contribution in [0.5, 0.6) is 0 Å². The minimum absolute atomic E-state index is 0.0145. The van der Waals surface area contributed by atoms with Gasteiger partial charge in [-0.3, -0.25) is 9.59 Å². The van der Waals surface area contributed by atoms with Crippen LogP contribution in [-0.2, 0) is 9.59 Å². The summed E-state index contributed by atoms with van der Waals surface area (Å²) in [6, 6.07) is 12.5. The van der Waals surface area contributed by atoms with Crippen LogP contribution in [0.2, 0.25) is 10.0 Å². The molecule has 6 nitrogen and oxygen atoms in total. The van der Waals surface area contributed by atoms with E-state index in [4.69, 9.17) is 28.3 Å². The Morgan fingerprint density at radius 2 is 1.77 bits per heavy atom. The number of anilines is 1. The summed E-state index contributed by atoms with van der Waals surface area (Å²) in [4.78, 5) is 23.3. The van der Waals surface area contributed by atoms with E-state index in [2.05, 4.69) is 16.0 Å². The van der Waals surface area contributed by atoms with Gasteiger partial charge < -0.3 is 21.1 Å². The van der Waals surface area contributed by atoms with E-state index in [1.165, 1.54) is 25.7 Å². The zero-order chi connectivity index (χ0) is 27.8. The molecule has 2 aromatic carbocycles. The van der Waals surface area contributed by atoms with Gasteiger partial charge in [0.05, 0.1) is 17.0 Å². The summed E-state index contributed by atoms with van der Waals surface area (Å²) in [6.07, 6.45) is 9.94. The summed E-state index contributed by atoms with van der Waals surface area (Å²) < 4.78 is 14.8. The first-order valence-electron chi connectivity index (χ1n) is 14.0. The van der Waals surface area contributed by atoms with Gasteiger partial charge in [0, 0.05) is 35.3 Å². The van der Waals surface area contributed by atoms with Gasteiger partial charge >= 0.3 is 0 Å². The van der Waals surface area contributed by atoms with Gasteiger partial charge in [-0.25, -0.2) is 4.39 Å². The summed E-state index contributed by atoms with van der Waals surface area (Å²) >= 11 is 12.1. The quantitative estimate of drug-likeness (QED) is 0.301. The number of carbonyl (C=O) groups is 2. The predicted molar refractivity (Wildman–Crippen MR) is 154 cm³/mol. The zero-order valence-corrected chi connectivity index (χ0v) is 23.6. The number of benzene rings is 2. The van der Waals surface area contributed by atoms with Gasteiger partial charge in [0.2, 0.25) is 12.3 Å². The molecule has 5 rings (SSSR count). The second kappa shape index (κ2) is 14.4. The number of hydrogen-bond acceptors (Lipinski definition) is 4. The van der Waals surface area contributed by atoms with Gasteiger partial charge in [-0.15, -0.1) is 0 Å². The molecule has 0 radical (unpaired) electrons. The summed E-state index contributed by atoms with van der Waals surface area (Å²) in [5, 5.41) is 19.0. The average Bonchev–Trinajstić information content (AvgIpc) is 3.58. The SMILES string of the molecule is O=C(Nc1cccc(Cl)c1)C1C(CC2CCCC2)NCC1c1cccc(Cl)c1F.O=CNC1CCC(O)CC1. The minimum atomic E-state index is -0.428. The first-order chi connectivity index (χ1) is 18.9. The minimum Gasteiger partial charge on any atom is -0.393 e. The molecule has 212 valence electrons. The third-order valence-corrected chi connectivity index (χ3v) is 8.83. The maximum Gasteiger partial charge on any atom is 0.229 e. The fourth-order valence-electron chi connectivity index (χ4n) is 6.25. The van der Waals surface area contributed by atoms with Crippen molar-refractivity contribution in [3.8, 4) is 0 Å². The highest BCUT2D eigenvalue weighted by atomic mass is 35.5. The summed E-state index contributed by atoms with van der Waals surface area (Å²) in [6.45, 7) is 0.558. The molecular weight excluding hydrogens is 540 g/mol. The van der Waals surface area contributed by atoms with Crippen molar-refractivity contribution < 1.29 is 19.1 Å². The van der Waals surface area contributed by atoms with Crippen molar-refractivity contribution in [2.24, 2.45) is 11.8 Å². The van der Waals surface area contributed by atoms with Gasteiger partial charge in [0.1, 0.15) is 5.82 Å². The van der Waals surface area contributed by atoms with Crippen LogP contribution < -0.4 is 16.0 Å².